The van der Waals surface area contributed by atoms with Gasteiger partial charge in [-0.2, -0.15) is 0 Å². The van der Waals surface area contributed by atoms with Gasteiger partial charge in [0.1, 0.15) is 43.0 Å². The van der Waals surface area contributed by atoms with Crippen molar-refractivity contribution in [2.75, 3.05) is 26.4 Å². The van der Waals surface area contributed by atoms with Gasteiger partial charge in [0.25, 0.3) is 0 Å². The number of benzene rings is 2. The predicted molar refractivity (Wildman–Crippen MR) is 132 cm³/mol. The average molecular weight is 481 g/mol. The number of ether oxygens (including phenoxy) is 5. The van der Waals surface area contributed by atoms with E-state index in [1.807, 2.05) is 12.1 Å². The van der Waals surface area contributed by atoms with Crippen LogP contribution in [-0.4, -0.2) is 50.7 Å². The van der Waals surface area contributed by atoms with Gasteiger partial charge in [-0.1, -0.05) is 24.3 Å². The summed E-state index contributed by atoms with van der Waals surface area (Å²) in [6.07, 6.45) is 5.56. The molecule has 2 unspecified atom stereocenters. The SMILES string of the molecule is Cc1cc(CCC(=O)OC2CCC(c3ccc(OCC4CO4)cc3)CC2)cc(C)c1OCC1CO1. The molecule has 2 atom stereocenters. The number of esters is 1. The van der Waals surface area contributed by atoms with Crippen LogP contribution in [0, 0.1) is 13.8 Å². The van der Waals surface area contributed by atoms with E-state index in [1.165, 1.54) is 5.56 Å². The topological polar surface area (TPSA) is 69.8 Å². The van der Waals surface area contributed by atoms with Crippen molar-refractivity contribution in [3.8, 4) is 11.5 Å². The van der Waals surface area contributed by atoms with Gasteiger partial charge in [0.05, 0.1) is 13.2 Å². The Balaban J connectivity index is 1.03. The molecular formula is C29H36O6. The van der Waals surface area contributed by atoms with Crippen molar-refractivity contribution in [2.24, 2.45) is 0 Å². The Hall–Kier alpha value is -2.57. The van der Waals surface area contributed by atoms with E-state index in [4.69, 9.17) is 23.7 Å². The fourth-order valence-corrected chi connectivity index (χ4v) is 4.95. The highest BCUT2D eigenvalue weighted by atomic mass is 16.6. The molecule has 35 heavy (non-hydrogen) atoms. The first kappa shape index (κ1) is 24.1. The van der Waals surface area contributed by atoms with E-state index in [2.05, 4.69) is 38.1 Å². The van der Waals surface area contributed by atoms with Gasteiger partial charge in [-0.05, 0) is 86.3 Å². The third kappa shape index (κ3) is 6.98. The summed E-state index contributed by atoms with van der Waals surface area (Å²) in [6.45, 7) is 6.94. The normalized spacial score (nSPS) is 25.1. The highest BCUT2D eigenvalue weighted by molar-refractivity contribution is 5.70. The van der Waals surface area contributed by atoms with Crippen LogP contribution in [-0.2, 0) is 25.4 Å². The number of rotatable bonds is 11. The largest absolute Gasteiger partial charge is 0.491 e. The van der Waals surface area contributed by atoms with E-state index in [0.717, 1.165) is 67.1 Å². The molecule has 2 aliphatic heterocycles. The van der Waals surface area contributed by atoms with Crippen LogP contribution >= 0.6 is 0 Å². The number of epoxide rings is 2. The third-order valence-corrected chi connectivity index (χ3v) is 7.12. The van der Waals surface area contributed by atoms with Gasteiger partial charge in [0.15, 0.2) is 0 Å². The first-order chi connectivity index (χ1) is 17.0. The molecule has 0 bridgehead atoms. The number of hydrogen-bond acceptors (Lipinski definition) is 6. The molecule has 2 aromatic rings. The van der Waals surface area contributed by atoms with Crippen LogP contribution in [0.15, 0.2) is 36.4 Å². The number of aryl methyl sites for hydroxylation is 3. The Bertz CT molecular complexity index is 977. The molecule has 3 fully saturated rings. The van der Waals surface area contributed by atoms with E-state index in [9.17, 15) is 4.79 Å². The molecule has 0 aromatic heterocycles. The first-order valence-electron chi connectivity index (χ1n) is 12.9. The van der Waals surface area contributed by atoms with Gasteiger partial charge in [-0.25, -0.2) is 0 Å². The predicted octanol–water partition coefficient (Wildman–Crippen LogP) is 5.06. The van der Waals surface area contributed by atoms with Crippen LogP contribution in [0.5, 0.6) is 11.5 Å². The zero-order chi connectivity index (χ0) is 24.2. The molecule has 6 nitrogen and oxygen atoms in total. The van der Waals surface area contributed by atoms with Gasteiger partial charge in [-0.15, -0.1) is 0 Å². The smallest absolute Gasteiger partial charge is 0.306 e. The molecule has 1 saturated carbocycles. The molecule has 5 rings (SSSR count). The minimum Gasteiger partial charge on any atom is -0.491 e. The molecule has 2 aromatic carbocycles. The van der Waals surface area contributed by atoms with Crippen molar-refractivity contribution < 1.29 is 28.5 Å². The molecule has 2 saturated heterocycles. The lowest BCUT2D eigenvalue weighted by atomic mass is 9.83. The summed E-state index contributed by atoms with van der Waals surface area (Å²) in [7, 11) is 0. The highest BCUT2D eigenvalue weighted by Gasteiger charge is 2.26. The third-order valence-electron chi connectivity index (χ3n) is 7.12. The Morgan fingerprint density at radius 1 is 0.886 bits per heavy atom. The van der Waals surface area contributed by atoms with Gasteiger partial charge in [0.2, 0.25) is 0 Å². The summed E-state index contributed by atoms with van der Waals surface area (Å²) >= 11 is 0. The summed E-state index contributed by atoms with van der Waals surface area (Å²) in [6, 6.07) is 12.7. The van der Waals surface area contributed by atoms with Crippen molar-refractivity contribution in [3.05, 3.63) is 58.7 Å². The van der Waals surface area contributed by atoms with Gasteiger partial charge in [-0.3, -0.25) is 4.79 Å². The maximum absolute atomic E-state index is 12.5. The summed E-state index contributed by atoms with van der Waals surface area (Å²) in [5.74, 6) is 2.24. The summed E-state index contributed by atoms with van der Waals surface area (Å²) in [5.41, 5.74) is 4.69. The number of carbonyl (C=O) groups is 1. The van der Waals surface area contributed by atoms with E-state index in [1.54, 1.807) is 0 Å². The van der Waals surface area contributed by atoms with Gasteiger partial charge < -0.3 is 23.7 Å². The summed E-state index contributed by atoms with van der Waals surface area (Å²) in [4.78, 5) is 12.5. The Kier molecular flexibility index (Phi) is 7.59. The lowest BCUT2D eigenvalue weighted by Gasteiger charge is -2.28. The summed E-state index contributed by atoms with van der Waals surface area (Å²) < 4.78 is 27.9. The number of hydrogen-bond donors (Lipinski definition) is 0. The molecule has 2 heterocycles. The Morgan fingerprint density at radius 3 is 2.09 bits per heavy atom. The maximum Gasteiger partial charge on any atom is 0.306 e. The zero-order valence-corrected chi connectivity index (χ0v) is 20.8. The second-order valence-corrected chi connectivity index (χ2v) is 10.1. The molecule has 1 aliphatic carbocycles. The van der Waals surface area contributed by atoms with Crippen LogP contribution in [0.4, 0.5) is 0 Å². The van der Waals surface area contributed by atoms with Crippen molar-refractivity contribution in [3.63, 3.8) is 0 Å². The fraction of sp³-hybridized carbons (Fsp3) is 0.552. The van der Waals surface area contributed by atoms with Crippen LogP contribution in [0.25, 0.3) is 0 Å². The molecule has 0 spiro atoms. The standard InChI is InChI=1S/C29H36O6/c1-19-13-21(14-20(2)29(19)34-18-27-17-33-27)3-12-28(30)35-25-10-6-23(7-11-25)22-4-8-24(9-5-22)31-15-26-16-32-26/h4-5,8-9,13-14,23,25-27H,3,6-7,10-12,15-18H2,1-2H3. The van der Waals surface area contributed by atoms with E-state index in [-0.39, 0.29) is 24.3 Å². The van der Waals surface area contributed by atoms with E-state index in [0.29, 0.717) is 32.0 Å². The Morgan fingerprint density at radius 2 is 1.49 bits per heavy atom. The van der Waals surface area contributed by atoms with Gasteiger partial charge >= 0.3 is 5.97 Å². The van der Waals surface area contributed by atoms with Crippen LogP contribution in [0.2, 0.25) is 0 Å². The molecular weight excluding hydrogens is 444 g/mol. The Labute approximate surface area is 207 Å². The van der Waals surface area contributed by atoms with Crippen molar-refractivity contribution in [1.29, 1.82) is 0 Å². The fourth-order valence-electron chi connectivity index (χ4n) is 4.95. The second-order valence-electron chi connectivity index (χ2n) is 10.1. The summed E-state index contributed by atoms with van der Waals surface area (Å²) in [5, 5.41) is 0. The van der Waals surface area contributed by atoms with Crippen LogP contribution < -0.4 is 9.47 Å². The van der Waals surface area contributed by atoms with Crippen LogP contribution in [0.3, 0.4) is 0 Å². The molecule has 0 amide bonds. The first-order valence-corrected chi connectivity index (χ1v) is 12.9. The van der Waals surface area contributed by atoms with Crippen molar-refractivity contribution in [1.82, 2.24) is 0 Å². The maximum atomic E-state index is 12.5. The highest BCUT2D eigenvalue weighted by Crippen LogP contribution is 2.35. The minimum absolute atomic E-state index is 0.0313. The molecule has 188 valence electrons. The quantitative estimate of drug-likeness (QED) is 0.331. The minimum atomic E-state index is -0.101. The van der Waals surface area contributed by atoms with Crippen molar-refractivity contribution >= 4 is 5.97 Å². The lowest BCUT2D eigenvalue weighted by molar-refractivity contribution is -0.150. The van der Waals surface area contributed by atoms with Crippen molar-refractivity contribution in [2.45, 2.75) is 76.6 Å². The average Bonchev–Trinajstić information content (AvgIpc) is 3.77. The number of carbonyl (C=O) groups excluding carboxylic acids is 1. The van der Waals surface area contributed by atoms with Gasteiger partial charge in [0, 0.05) is 6.42 Å². The molecule has 0 N–H and O–H groups in total. The second kappa shape index (κ2) is 11.0. The molecule has 0 radical (unpaired) electrons. The zero-order valence-electron chi connectivity index (χ0n) is 20.8. The van der Waals surface area contributed by atoms with Crippen LogP contribution in [0.1, 0.15) is 60.3 Å². The monoisotopic (exact) mass is 480 g/mol. The molecule has 3 aliphatic rings. The van der Waals surface area contributed by atoms with E-state index < -0.39 is 0 Å². The molecule has 6 heteroatoms. The lowest BCUT2D eigenvalue weighted by Crippen LogP contribution is -2.24. The van der Waals surface area contributed by atoms with E-state index >= 15 is 0 Å².